The Kier molecular flexibility index (Phi) is 4.93. The van der Waals surface area contributed by atoms with Gasteiger partial charge in [0.15, 0.2) is 5.96 Å². The van der Waals surface area contributed by atoms with Crippen LogP contribution >= 0.6 is 24.0 Å². The summed E-state index contributed by atoms with van der Waals surface area (Å²) in [6, 6.07) is 2.92. The predicted molar refractivity (Wildman–Crippen MR) is 91.4 cm³/mol. The predicted octanol–water partition coefficient (Wildman–Crippen LogP) is 2.16. The van der Waals surface area contributed by atoms with Crippen LogP contribution in [-0.4, -0.2) is 39.8 Å². The molecular weight excluding hydrogens is 365 g/mol. The Bertz CT molecular complexity index is 484. The lowest BCUT2D eigenvalue weighted by atomic mass is 9.95. The van der Waals surface area contributed by atoms with Gasteiger partial charge in [0.25, 0.3) is 0 Å². The SMILES string of the molecule is CC1CCC2CN=C(N[C@H](C)c3ccnn3C)N2C1.I. The van der Waals surface area contributed by atoms with Gasteiger partial charge < -0.3 is 10.2 Å². The van der Waals surface area contributed by atoms with E-state index in [1.54, 1.807) is 0 Å². The zero-order chi connectivity index (χ0) is 13.4. The molecule has 0 saturated carbocycles. The molecule has 1 fully saturated rings. The van der Waals surface area contributed by atoms with Gasteiger partial charge in [-0.05, 0) is 31.7 Å². The van der Waals surface area contributed by atoms with Crippen LogP contribution in [0.1, 0.15) is 38.4 Å². The summed E-state index contributed by atoms with van der Waals surface area (Å²) >= 11 is 0. The van der Waals surface area contributed by atoms with E-state index in [2.05, 4.69) is 35.2 Å². The van der Waals surface area contributed by atoms with Gasteiger partial charge in [0.05, 0.1) is 24.3 Å². The summed E-state index contributed by atoms with van der Waals surface area (Å²) < 4.78 is 1.92. The van der Waals surface area contributed by atoms with Crippen LogP contribution in [0.15, 0.2) is 17.3 Å². The standard InChI is InChI=1S/C14H23N5.HI/c1-10-4-5-12-8-15-14(19(12)9-10)17-11(2)13-6-7-16-18(13)3;/h6-7,10-12H,4-5,8-9H2,1-3H3,(H,15,17);1H/t10?,11-,12?;/m1./s1. The number of hydrogen-bond donors (Lipinski definition) is 1. The number of aliphatic imine (C=N–C) groups is 1. The number of piperidine rings is 1. The third-order valence-electron chi connectivity index (χ3n) is 4.31. The minimum absolute atomic E-state index is 0. The Morgan fingerprint density at radius 2 is 2.20 bits per heavy atom. The van der Waals surface area contributed by atoms with Gasteiger partial charge in [-0.15, -0.1) is 24.0 Å². The molecule has 3 rings (SSSR count). The summed E-state index contributed by atoms with van der Waals surface area (Å²) in [6.07, 6.45) is 4.45. The van der Waals surface area contributed by atoms with E-state index in [-0.39, 0.29) is 30.0 Å². The molecule has 0 spiro atoms. The van der Waals surface area contributed by atoms with Crippen molar-refractivity contribution in [3.63, 3.8) is 0 Å². The maximum absolute atomic E-state index is 4.70. The number of hydrogen-bond acceptors (Lipinski definition) is 4. The lowest BCUT2D eigenvalue weighted by molar-refractivity contribution is 0.209. The van der Waals surface area contributed by atoms with Gasteiger partial charge in [0.1, 0.15) is 0 Å². The first-order chi connectivity index (χ1) is 9.15. The highest BCUT2D eigenvalue weighted by molar-refractivity contribution is 14.0. The van der Waals surface area contributed by atoms with Gasteiger partial charge in [-0.3, -0.25) is 9.67 Å². The second-order valence-electron chi connectivity index (χ2n) is 5.90. The number of guanidine groups is 1. The van der Waals surface area contributed by atoms with Crippen molar-refractivity contribution < 1.29 is 0 Å². The molecule has 0 aliphatic carbocycles. The summed E-state index contributed by atoms with van der Waals surface area (Å²) in [5.41, 5.74) is 1.19. The highest BCUT2D eigenvalue weighted by Gasteiger charge is 2.33. The third kappa shape index (κ3) is 2.94. The van der Waals surface area contributed by atoms with Crippen LogP contribution in [0.5, 0.6) is 0 Å². The highest BCUT2D eigenvalue weighted by atomic mass is 127. The summed E-state index contributed by atoms with van der Waals surface area (Å²) in [7, 11) is 1.98. The molecule has 0 aromatic carbocycles. The molecule has 5 nitrogen and oxygen atoms in total. The molecule has 2 unspecified atom stereocenters. The van der Waals surface area contributed by atoms with Crippen molar-refractivity contribution in [2.24, 2.45) is 18.0 Å². The number of aryl methyl sites for hydroxylation is 1. The van der Waals surface area contributed by atoms with Crippen LogP contribution in [0.2, 0.25) is 0 Å². The largest absolute Gasteiger partial charge is 0.348 e. The lowest BCUT2D eigenvalue weighted by Gasteiger charge is -2.36. The van der Waals surface area contributed by atoms with Crippen molar-refractivity contribution in [1.82, 2.24) is 20.0 Å². The minimum Gasteiger partial charge on any atom is -0.348 e. The minimum atomic E-state index is 0. The number of rotatable bonds is 2. The first kappa shape index (κ1) is 15.6. The van der Waals surface area contributed by atoms with Gasteiger partial charge in [-0.2, -0.15) is 5.10 Å². The highest BCUT2D eigenvalue weighted by Crippen LogP contribution is 2.26. The number of fused-ring (bicyclic) bond motifs is 1. The quantitative estimate of drug-likeness (QED) is 0.789. The molecule has 1 aromatic rings. The topological polar surface area (TPSA) is 45.5 Å². The molecule has 20 heavy (non-hydrogen) atoms. The van der Waals surface area contributed by atoms with Gasteiger partial charge >= 0.3 is 0 Å². The Balaban J connectivity index is 0.00000147. The summed E-state index contributed by atoms with van der Waals surface area (Å²) in [5.74, 6) is 1.85. The van der Waals surface area contributed by atoms with E-state index >= 15 is 0 Å². The van der Waals surface area contributed by atoms with Gasteiger partial charge in [0, 0.05) is 19.8 Å². The number of aromatic nitrogens is 2. The summed E-state index contributed by atoms with van der Waals surface area (Å²) in [5, 5.41) is 7.79. The van der Waals surface area contributed by atoms with E-state index in [4.69, 9.17) is 4.99 Å². The fourth-order valence-electron chi connectivity index (χ4n) is 3.15. The molecule has 1 aromatic heterocycles. The van der Waals surface area contributed by atoms with Crippen LogP contribution in [0, 0.1) is 5.92 Å². The Labute approximate surface area is 137 Å². The van der Waals surface area contributed by atoms with Crippen LogP contribution in [0.25, 0.3) is 0 Å². The maximum atomic E-state index is 4.70. The van der Waals surface area contributed by atoms with Crippen LogP contribution in [-0.2, 0) is 7.05 Å². The molecule has 0 radical (unpaired) electrons. The van der Waals surface area contributed by atoms with Crippen molar-refractivity contribution in [2.75, 3.05) is 13.1 Å². The number of nitrogens with one attached hydrogen (secondary N) is 1. The molecule has 112 valence electrons. The van der Waals surface area contributed by atoms with Crippen LogP contribution < -0.4 is 5.32 Å². The van der Waals surface area contributed by atoms with Crippen molar-refractivity contribution >= 4 is 29.9 Å². The van der Waals surface area contributed by atoms with E-state index in [1.807, 2.05) is 17.9 Å². The molecule has 1 N–H and O–H groups in total. The van der Waals surface area contributed by atoms with E-state index in [1.165, 1.54) is 18.5 Å². The maximum Gasteiger partial charge on any atom is 0.194 e. The zero-order valence-corrected chi connectivity index (χ0v) is 14.7. The molecule has 0 amide bonds. The van der Waals surface area contributed by atoms with E-state index < -0.39 is 0 Å². The van der Waals surface area contributed by atoms with Crippen molar-refractivity contribution in [3.05, 3.63) is 18.0 Å². The fourth-order valence-corrected chi connectivity index (χ4v) is 3.15. The molecule has 0 bridgehead atoms. The molecule has 6 heteroatoms. The van der Waals surface area contributed by atoms with E-state index in [0.29, 0.717) is 6.04 Å². The van der Waals surface area contributed by atoms with Crippen molar-refractivity contribution in [3.8, 4) is 0 Å². The zero-order valence-electron chi connectivity index (χ0n) is 12.4. The Morgan fingerprint density at radius 1 is 1.40 bits per heavy atom. The lowest BCUT2D eigenvalue weighted by Crippen LogP contribution is -2.48. The second kappa shape index (κ2) is 6.32. The van der Waals surface area contributed by atoms with E-state index in [9.17, 15) is 0 Å². The fraction of sp³-hybridized carbons (Fsp3) is 0.714. The second-order valence-corrected chi connectivity index (χ2v) is 5.90. The molecule has 2 aliphatic heterocycles. The van der Waals surface area contributed by atoms with Gasteiger partial charge in [-0.1, -0.05) is 6.92 Å². The summed E-state index contributed by atoms with van der Waals surface area (Å²) in [4.78, 5) is 7.16. The molecule has 2 aliphatic rings. The van der Waals surface area contributed by atoms with Crippen molar-refractivity contribution in [2.45, 2.75) is 38.8 Å². The molecular formula is C14H24IN5. The average molecular weight is 389 g/mol. The van der Waals surface area contributed by atoms with Crippen molar-refractivity contribution in [1.29, 1.82) is 0 Å². The molecule has 3 atom stereocenters. The Hall–Kier alpha value is -0.790. The van der Waals surface area contributed by atoms with E-state index in [0.717, 1.165) is 25.0 Å². The molecule has 1 saturated heterocycles. The van der Waals surface area contributed by atoms with Gasteiger partial charge in [-0.25, -0.2) is 0 Å². The van der Waals surface area contributed by atoms with Gasteiger partial charge in [0.2, 0.25) is 0 Å². The first-order valence-corrected chi connectivity index (χ1v) is 7.20. The van der Waals surface area contributed by atoms with Crippen LogP contribution in [0.3, 0.4) is 0 Å². The number of nitrogens with zero attached hydrogens (tertiary/aromatic N) is 4. The average Bonchev–Trinajstić information content (AvgIpc) is 2.96. The smallest absolute Gasteiger partial charge is 0.194 e. The third-order valence-corrected chi connectivity index (χ3v) is 4.31. The number of halogens is 1. The molecule has 3 heterocycles. The normalized spacial score (nSPS) is 26.6. The Morgan fingerprint density at radius 3 is 2.90 bits per heavy atom. The van der Waals surface area contributed by atoms with Crippen LogP contribution in [0.4, 0.5) is 0 Å². The first-order valence-electron chi connectivity index (χ1n) is 7.20. The monoisotopic (exact) mass is 389 g/mol. The summed E-state index contributed by atoms with van der Waals surface area (Å²) in [6.45, 7) is 6.58.